The first-order valence-electron chi connectivity index (χ1n) is 9.47. The van der Waals surface area contributed by atoms with Crippen molar-refractivity contribution in [1.82, 2.24) is 25.3 Å². The maximum Gasteiger partial charge on any atom is 0.242 e. The average molecular weight is 347 g/mol. The number of aryl methyl sites for hydroxylation is 1. The zero-order valence-electron chi connectivity index (χ0n) is 15.0. The number of likely N-dealkylation sites (tertiary alicyclic amines) is 1. The minimum atomic E-state index is -0.368. The molecule has 0 aliphatic carbocycles. The molecule has 0 bridgehead atoms. The van der Waals surface area contributed by atoms with E-state index in [1.165, 1.54) is 5.56 Å². The Morgan fingerprint density at radius 3 is 2.84 bits per heavy atom. The number of aromatic nitrogens is 2. The fraction of sp³-hybridized carbons (Fsp3) is 0.722. The maximum absolute atomic E-state index is 12.3. The van der Waals surface area contributed by atoms with Crippen LogP contribution in [0.4, 0.5) is 0 Å². The topological polar surface area (TPSA) is 79.3 Å². The minimum absolute atomic E-state index is 0.0423. The molecule has 2 saturated heterocycles. The SMILES string of the molecule is CCn1cc(C2CCN(CC(=O)N[C@@H]3CCCCNC3=O)CC2)cn1. The highest BCUT2D eigenvalue weighted by atomic mass is 16.2. The van der Waals surface area contributed by atoms with Crippen LogP contribution in [0, 0.1) is 0 Å². The third kappa shape index (κ3) is 4.81. The third-order valence-electron chi connectivity index (χ3n) is 5.27. The molecule has 2 aliphatic heterocycles. The molecule has 138 valence electrons. The van der Waals surface area contributed by atoms with Gasteiger partial charge in [0.05, 0.1) is 12.7 Å². The Balaban J connectivity index is 1.43. The predicted molar refractivity (Wildman–Crippen MR) is 95.1 cm³/mol. The Hall–Kier alpha value is -1.89. The van der Waals surface area contributed by atoms with Crippen LogP contribution in [0.3, 0.4) is 0 Å². The lowest BCUT2D eigenvalue weighted by Gasteiger charge is -2.31. The highest BCUT2D eigenvalue weighted by Crippen LogP contribution is 2.27. The standard InChI is InChI=1S/C18H29N5O2/c1-2-23-12-15(11-20-23)14-6-9-22(10-7-14)13-17(24)21-16-5-3-4-8-19-18(16)25/h11-12,14,16H,2-10,13H2,1H3,(H,19,25)(H,21,24)/t16-/m1/s1. The zero-order valence-corrected chi connectivity index (χ0v) is 15.0. The maximum atomic E-state index is 12.3. The number of rotatable bonds is 5. The Bertz CT molecular complexity index is 592. The number of hydrogen-bond acceptors (Lipinski definition) is 4. The summed E-state index contributed by atoms with van der Waals surface area (Å²) in [6.45, 7) is 5.90. The van der Waals surface area contributed by atoms with Gasteiger partial charge in [-0.05, 0) is 63.6 Å². The van der Waals surface area contributed by atoms with E-state index < -0.39 is 0 Å². The molecule has 2 fully saturated rings. The minimum Gasteiger partial charge on any atom is -0.354 e. The van der Waals surface area contributed by atoms with Crippen molar-refractivity contribution in [2.75, 3.05) is 26.2 Å². The molecule has 0 aromatic carbocycles. The van der Waals surface area contributed by atoms with E-state index in [2.05, 4.69) is 33.8 Å². The number of carbonyl (C=O) groups excluding carboxylic acids is 2. The van der Waals surface area contributed by atoms with Crippen LogP contribution in [0.25, 0.3) is 0 Å². The van der Waals surface area contributed by atoms with Gasteiger partial charge in [-0.1, -0.05) is 0 Å². The van der Waals surface area contributed by atoms with Crippen LogP contribution in [0.1, 0.15) is 50.5 Å². The zero-order chi connectivity index (χ0) is 17.6. The molecule has 2 aliphatic rings. The molecule has 0 unspecified atom stereocenters. The second-order valence-corrected chi connectivity index (χ2v) is 7.09. The van der Waals surface area contributed by atoms with Crippen LogP contribution in [0.5, 0.6) is 0 Å². The van der Waals surface area contributed by atoms with Crippen molar-refractivity contribution < 1.29 is 9.59 Å². The van der Waals surface area contributed by atoms with Gasteiger partial charge in [-0.3, -0.25) is 19.2 Å². The Morgan fingerprint density at radius 1 is 1.32 bits per heavy atom. The molecule has 1 atom stereocenters. The smallest absolute Gasteiger partial charge is 0.242 e. The predicted octanol–water partition coefficient (Wildman–Crippen LogP) is 0.867. The number of piperidine rings is 1. The largest absolute Gasteiger partial charge is 0.354 e. The van der Waals surface area contributed by atoms with E-state index in [1.54, 1.807) is 0 Å². The number of amides is 2. The monoisotopic (exact) mass is 347 g/mol. The van der Waals surface area contributed by atoms with E-state index in [4.69, 9.17) is 0 Å². The highest BCUT2D eigenvalue weighted by molar-refractivity contribution is 5.88. The molecular weight excluding hydrogens is 318 g/mol. The first-order valence-corrected chi connectivity index (χ1v) is 9.47. The van der Waals surface area contributed by atoms with E-state index >= 15 is 0 Å². The average Bonchev–Trinajstić information content (AvgIpc) is 3.01. The van der Waals surface area contributed by atoms with E-state index in [1.807, 2.05) is 10.9 Å². The van der Waals surface area contributed by atoms with Crippen molar-refractivity contribution in [2.45, 2.75) is 57.5 Å². The van der Waals surface area contributed by atoms with Crippen LogP contribution < -0.4 is 10.6 Å². The van der Waals surface area contributed by atoms with Gasteiger partial charge >= 0.3 is 0 Å². The summed E-state index contributed by atoms with van der Waals surface area (Å²) < 4.78 is 1.97. The number of nitrogens with zero attached hydrogens (tertiary/aromatic N) is 3. The van der Waals surface area contributed by atoms with Gasteiger partial charge in [0.25, 0.3) is 0 Å². The summed E-state index contributed by atoms with van der Waals surface area (Å²) in [5.41, 5.74) is 1.31. The Morgan fingerprint density at radius 2 is 2.12 bits per heavy atom. The molecule has 2 amide bonds. The molecule has 0 spiro atoms. The van der Waals surface area contributed by atoms with E-state index in [-0.39, 0.29) is 17.9 Å². The Kier molecular flexibility index (Phi) is 6.07. The van der Waals surface area contributed by atoms with E-state index in [0.29, 0.717) is 19.0 Å². The first kappa shape index (κ1) is 17.9. The first-order chi connectivity index (χ1) is 12.2. The second kappa shape index (κ2) is 8.47. The van der Waals surface area contributed by atoms with Gasteiger partial charge in [-0.15, -0.1) is 0 Å². The molecule has 0 radical (unpaired) electrons. The quantitative estimate of drug-likeness (QED) is 0.828. The van der Waals surface area contributed by atoms with E-state index in [0.717, 1.165) is 51.7 Å². The van der Waals surface area contributed by atoms with Crippen LogP contribution in [-0.4, -0.2) is 58.7 Å². The summed E-state index contributed by atoms with van der Waals surface area (Å²) in [6.07, 6.45) is 8.90. The Labute approximate surface area is 149 Å². The number of hydrogen-bond donors (Lipinski definition) is 2. The molecule has 0 saturated carbocycles. The summed E-state index contributed by atoms with van der Waals surface area (Å²) in [5.74, 6) is 0.448. The van der Waals surface area contributed by atoms with Gasteiger partial charge in [0.15, 0.2) is 0 Å². The molecule has 25 heavy (non-hydrogen) atoms. The van der Waals surface area contributed by atoms with Crippen molar-refractivity contribution in [3.05, 3.63) is 18.0 Å². The molecule has 3 rings (SSSR count). The van der Waals surface area contributed by atoms with Gasteiger partial charge in [0, 0.05) is 19.3 Å². The van der Waals surface area contributed by atoms with Crippen LogP contribution >= 0.6 is 0 Å². The molecule has 1 aromatic rings. The molecule has 1 aromatic heterocycles. The molecule has 2 N–H and O–H groups in total. The summed E-state index contributed by atoms with van der Waals surface area (Å²) in [6, 6.07) is -0.368. The van der Waals surface area contributed by atoms with Crippen LogP contribution in [-0.2, 0) is 16.1 Å². The van der Waals surface area contributed by atoms with Crippen molar-refractivity contribution in [2.24, 2.45) is 0 Å². The fourth-order valence-electron chi connectivity index (χ4n) is 3.71. The van der Waals surface area contributed by atoms with Crippen LogP contribution in [0.2, 0.25) is 0 Å². The summed E-state index contributed by atoms with van der Waals surface area (Å²) in [7, 11) is 0. The van der Waals surface area contributed by atoms with Crippen molar-refractivity contribution in [3.63, 3.8) is 0 Å². The van der Waals surface area contributed by atoms with Gasteiger partial charge in [0.2, 0.25) is 11.8 Å². The summed E-state index contributed by atoms with van der Waals surface area (Å²) >= 11 is 0. The van der Waals surface area contributed by atoms with Crippen LogP contribution in [0.15, 0.2) is 12.4 Å². The number of nitrogens with one attached hydrogen (secondary N) is 2. The molecule has 3 heterocycles. The van der Waals surface area contributed by atoms with Gasteiger partial charge in [0.1, 0.15) is 6.04 Å². The van der Waals surface area contributed by atoms with E-state index in [9.17, 15) is 9.59 Å². The van der Waals surface area contributed by atoms with Gasteiger partial charge < -0.3 is 10.6 Å². The van der Waals surface area contributed by atoms with Crippen molar-refractivity contribution >= 4 is 11.8 Å². The molecule has 7 heteroatoms. The second-order valence-electron chi connectivity index (χ2n) is 7.09. The lowest BCUT2D eigenvalue weighted by Crippen LogP contribution is -2.49. The summed E-state index contributed by atoms with van der Waals surface area (Å²) in [4.78, 5) is 26.4. The lowest BCUT2D eigenvalue weighted by atomic mass is 9.91. The van der Waals surface area contributed by atoms with Crippen molar-refractivity contribution in [3.8, 4) is 0 Å². The highest BCUT2D eigenvalue weighted by Gasteiger charge is 2.26. The fourth-order valence-corrected chi connectivity index (χ4v) is 3.71. The third-order valence-corrected chi connectivity index (χ3v) is 5.27. The number of carbonyl (C=O) groups is 2. The summed E-state index contributed by atoms with van der Waals surface area (Å²) in [5, 5.41) is 10.1. The molecular formula is C18H29N5O2. The van der Waals surface area contributed by atoms with Crippen molar-refractivity contribution in [1.29, 1.82) is 0 Å². The van der Waals surface area contributed by atoms with Gasteiger partial charge in [-0.25, -0.2) is 0 Å². The normalized spacial score (nSPS) is 23.1. The lowest BCUT2D eigenvalue weighted by molar-refractivity contribution is -0.129. The molecule has 7 nitrogen and oxygen atoms in total. The van der Waals surface area contributed by atoms with Gasteiger partial charge in [-0.2, -0.15) is 5.10 Å².